The number of carboxylic acid groups (broad SMARTS) is 1. The number of unbranched alkanes of at least 4 members (excludes halogenated alkanes) is 2. The maximum Gasteiger partial charge on any atom is 0.343 e. The van der Waals surface area contributed by atoms with Gasteiger partial charge in [-0.05, 0) is 44.0 Å². The summed E-state index contributed by atoms with van der Waals surface area (Å²) in [4.78, 5) is 47.9. The predicted octanol–water partition coefficient (Wildman–Crippen LogP) is 3.38. The van der Waals surface area contributed by atoms with E-state index in [9.17, 15) is 34.6 Å². The van der Waals surface area contributed by atoms with Gasteiger partial charge in [0.2, 0.25) is 12.3 Å². The van der Waals surface area contributed by atoms with E-state index in [-0.39, 0.29) is 42.5 Å². The standard InChI is InChI=1S/C26H35N3O9/c1-4-7-8-9-17(18(5-2)29(36)15-30)24(32)27-14-28-25(33)21-11-10-20(38-21)16-12-19(31)23(26(34)35)22(13-16)37-6-3/h10-13,15,17-18,31,36H,4-9,14H2,1-3H3,(H,27,32)(H,28,33)(H,34,35)/t17-,18-/m1/s1. The summed E-state index contributed by atoms with van der Waals surface area (Å²) < 4.78 is 10.9. The first-order chi connectivity index (χ1) is 18.2. The Balaban J connectivity index is 2.08. The number of carboxylic acids is 1. The molecule has 0 unspecified atom stereocenters. The second kappa shape index (κ2) is 14.6. The maximum absolute atomic E-state index is 12.8. The van der Waals surface area contributed by atoms with Crippen LogP contribution in [0.3, 0.4) is 0 Å². The molecule has 38 heavy (non-hydrogen) atoms. The SMILES string of the molecule is CCCCC[C@@H](C(=O)NCNC(=O)c1ccc(-c2cc(O)c(C(=O)O)c(OCC)c2)o1)[C@@H](CC)N(O)C=O. The van der Waals surface area contributed by atoms with Crippen molar-refractivity contribution in [3.05, 3.63) is 35.6 Å². The van der Waals surface area contributed by atoms with E-state index in [1.165, 1.54) is 24.3 Å². The molecule has 0 spiro atoms. The zero-order valence-corrected chi connectivity index (χ0v) is 21.7. The fraction of sp³-hybridized carbons (Fsp3) is 0.462. The molecule has 1 heterocycles. The van der Waals surface area contributed by atoms with E-state index in [2.05, 4.69) is 10.6 Å². The summed E-state index contributed by atoms with van der Waals surface area (Å²) in [6, 6.07) is 4.75. The molecule has 3 amide bonds. The number of hydroxylamine groups is 2. The molecule has 2 aromatic rings. The largest absolute Gasteiger partial charge is 0.507 e. The summed E-state index contributed by atoms with van der Waals surface area (Å²) in [6.45, 7) is 5.41. The highest BCUT2D eigenvalue weighted by molar-refractivity contribution is 5.95. The minimum Gasteiger partial charge on any atom is -0.507 e. The average Bonchev–Trinajstić information content (AvgIpc) is 3.38. The van der Waals surface area contributed by atoms with Crippen molar-refractivity contribution in [2.24, 2.45) is 5.92 Å². The van der Waals surface area contributed by atoms with Gasteiger partial charge in [-0.2, -0.15) is 0 Å². The van der Waals surface area contributed by atoms with Crippen LogP contribution in [0.2, 0.25) is 0 Å². The van der Waals surface area contributed by atoms with Gasteiger partial charge in [-0.3, -0.25) is 19.6 Å². The van der Waals surface area contributed by atoms with Crippen molar-refractivity contribution in [1.29, 1.82) is 0 Å². The molecule has 2 atom stereocenters. The van der Waals surface area contributed by atoms with Crippen LogP contribution in [0.4, 0.5) is 0 Å². The topological polar surface area (TPSA) is 179 Å². The highest BCUT2D eigenvalue weighted by atomic mass is 16.5. The van der Waals surface area contributed by atoms with Gasteiger partial charge >= 0.3 is 5.97 Å². The molecule has 0 saturated carbocycles. The number of rotatable bonds is 16. The first kappa shape index (κ1) is 30.2. The molecule has 0 saturated heterocycles. The van der Waals surface area contributed by atoms with Crippen LogP contribution in [0, 0.1) is 5.92 Å². The number of phenols is 1. The first-order valence-electron chi connectivity index (χ1n) is 12.5. The lowest BCUT2D eigenvalue weighted by Crippen LogP contribution is -2.47. The molecule has 2 rings (SSSR count). The second-order valence-electron chi connectivity index (χ2n) is 8.56. The molecule has 1 aromatic heterocycles. The third-order valence-electron chi connectivity index (χ3n) is 6.01. The van der Waals surface area contributed by atoms with E-state index in [0.29, 0.717) is 23.5 Å². The van der Waals surface area contributed by atoms with Gasteiger partial charge in [0.25, 0.3) is 5.91 Å². The van der Waals surface area contributed by atoms with Crippen LogP contribution in [-0.4, -0.2) is 64.0 Å². The first-order valence-corrected chi connectivity index (χ1v) is 12.5. The maximum atomic E-state index is 12.8. The third kappa shape index (κ3) is 7.72. The smallest absolute Gasteiger partial charge is 0.343 e. The summed E-state index contributed by atoms with van der Waals surface area (Å²) in [5, 5.41) is 35.1. The van der Waals surface area contributed by atoms with Gasteiger partial charge < -0.3 is 30.0 Å². The normalized spacial score (nSPS) is 12.3. The molecule has 0 bridgehead atoms. The van der Waals surface area contributed by atoms with E-state index >= 15 is 0 Å². The second-order valence-corrected chi connectivity index (χ2v) is 8.56. The summed E-state index contributed by atoms with van der Waals surface area (Å²) >= 11 is 0. The van der Waals surface area contributed by atoms with E-state index in [1.54, 1.807) is 13.8 Å². The number of aromatic hydroxyl groups is 1. The summed E-state index contributed by atoms with van der Waals surface area (Å²) in [5.74, 6) is -3.50. The number of aromatic carboxylic acids is 1. The van der Waals surface area contributed by atoms with Crippen LogP contribution in [0.1, 0.15) is 73.8 Å². The number of carbonyl (C=O) groups excluding carboxylic acids is 3. The van der Waals surface area contributed by atoms with Gasteiger partial charge in [-0.1, -0.05) is 33.1 Å². The zero-order chi connectivity index (χ0) is 28.2. The van der Waals surface area contributed by atoms with E-state index in [4.69, 9.17) is 9.15 Å². The zero-order valence-electron chi connectivity index (χ0n) is 21.7. The molecule has 1 aromatic carbocycles. The Bertz CT molecular complexity index is 1120. The molecule has 0 aliphatic rings. The number of hydrogen-bond donors (Lipinski definition) is 5. The van der Waals surface area contributed by atoms with Gasteiger partial charge in [0.1, 0.15) is 22.8 Å². The number of nitrogens with one attached hydrogen (secondary N) is 2. The lowest BCUT2D eigenvalue weighted by molar-refractivity contribution is -0.168. The van der Waals surface area contributed by atoms with Crippen molar-refractivity contribution >= 4 is 24.2 Å². The number of amides is 3. The van der Waals surface area contributed by atoms with Crippen LogP contribution in [0.15, 0.2) is 28.7 Å². The molecule has 5 N–H and O–H groups in total. The van der Waals surface area contributed by atoms with Crippen molar-refractivity contribution in [3.8, 4) is 22.8 Å². The Labute approximate surface area is 220 Å². The predicted molar refractivity (Wildman–Crippen MR) is 136 cm³/mol. The lowest BCUT2D eigenvalue weighted by atomic mass is 9.90. The van der Waals surface area contributed by atoms with Crippen LogP contribution in [-0.2, 0) is 9.59 Å². The molecule has 0 aliphatic heterocycles. The highest BCUT2D eigenvalue weighted by Gasteiger charge is 2.30. The Hall–Kier alpha value is -4.06. The quantitative estimate of drug-likeness (QED) is 0.0711. The van der Waals surface area contributed by atoms with Crippen molar-refractivity contribution < 1.29 is 43.8 Å². The Morgan fingerprint density at radius 1 is 1.13 bits per heavy atom. The number of hydrogen-bond acceptors (Lipinski definition) is 8. The summed E-state index contributed by atoms with van der Waals surface area (Å²) in [5.41, 5.74) is -0.0841. The van der Waals surface area contributed by atoms with Crippen LogP contribution >= 0.6 is 0 Å². The fourth-order valence-corrected chi connectivity index (χ4v) is 4.12. The molecular weight excluding hydrogens is 498 g/mol. The van der Waals surface area contributed by atoms with Gasteiger partial charge in [0.15, 0.2) is 5.76 Å². The van der Waals surface area contributed by atoms with Gasteiger partial charge in [0.05, 0.1) is 25.2 Å². The minimum absolute atomic E-state index is 0.0463. The number of benzene rings is 1. The summed E-state index contributed by atoms with van der Waals surface area (Å²) in [7, 11) is 0. The molecule has 12 nitrogen and oxygen atoms in total. The van der Waals surface area contributed by atoms with E-state index in [1.807, 2.05) is 6.92 Å². The average molecular weight is 534 g/mol. The molecule has 0 aliphatic carbocycles. The van der Waals surface area contributed by atoms with Crippen molar-refractivity contribution in [3.63, 3.8) is 0 Å². The number of carbonyl (C=O) groups is 4. The lowest BCUT2D eigenvalue weighted by Gasteiger charge is -2.29. The van der Waals surface area contributed by atoms with E-state index in [0.717, 1.165) is 19.3 Å². The van der Waals surface area contributed by atoms with Crippen molar-refractivity contribution in [1.82, 2.24) is 15.7 Å². The van der Waals surface area contributed by atoms with Crippen LogP contribution in [0.25, 0.3) is 11.3 Å². The van der Waals surface area contributed by atoms with Gasteiger partial charge in [0, 0.05) is 5.56 Å². The minimum atomic E-state index is -1.35. The number of nitrogens with zero attached hydrogens (tertiary/aromatic N) is 1. The monoisotopic (exact) mass is 533 g/mol. The summed E-state index contributed by atoms with van der Waals surface area (Å²) in [6.07, 6.45) is 3.70. The number of furan rings is 1. The van der Waals surface area contributed by atoms with E-state index < -0.39 is 35.5 Å². The molecular formula is C26H35N3O9. The molecule has 208 valence electrons. The highest BCUT2D eigenvalue weighted by Crippen LogP contribution is 2.35. The number of ether oxygens (including phenoxy) is 1. The third-order valence-corrected chi connectivity index (χ3v) is 6.01. The molecule has 12 heteroatoms. The molecule has 0 fully saturated rings. The van der Waals surface area contributed by atoms with Crippen LogP contribution < -0.4 is 15.4 Å². The van der Waals surface area contributed by atoms with Gasteiger partial charge in [-0.15, -0.1) is 0 Å². The Kier molecular flexibility index (Phi) is 11.6. The fourth-order valence-electron chi connectivity index (χ4n) is 4.12. The Morgan fingerprint density at radius 3 is 2.47 bits per heavy atom. The Morgan fingerprint density at radius 2 is 1.87 bits per heavy atom. The van der Waals surface area contributed by atoms with Crippen LogP contribution in [0.5, 0.6) is 11.5 Å². The van der Waals surface area contributed by atoms with Gasteiger partial charge in [-0.25, -0.2) is 9.86 Å². The molecule has 0 radical (unpaired) electrons. The van der Waals surface area contributed by atoms with Crippen molar-refractivity contribution in [2.45, 2.75) is 58.9 Å². The van der Waals surface area contributed by atoms with Crippen molar-refractivity contribution in [2.75, 3.05) is 13.3 Å².